The number of hydrogen-bond donors (Lipinski definition) is 2. The van der Waals surface area contributed by atoms with Crippen LogP contribution < -0.4 is 5.73 Å². The first-order valence-electron chi connectivity index (χ1n) is 5.93. The number of aromatic nitrogens is 1. The quantitative estimate of drug-likeness (QED) is 0.607. The van der Waals surface area contributed by atoms with Gasteiger partial charge in [0.05, 0.1) is 11.3 Å². The second-order valence-corrected chi connectivity index (χ2v) is 4.63. The number of esters is 1. The minimum Gasteiger partial charge on any atom is -0.505 e. The number of ether oxygens (including phenoxy) is 1. The molecule has 3 N–H and O–H groups in total. The molecule has 6 heteroatoms. The van der Waals surface area contributed by atoms with E-state index in [0.29, 0.717) is 17.5 Å². The Morgan fingerprint density at radius 2 is 2.21 bits per heavy atom. The molecule has 1 rings (SSSR count). The Hall–Kier alpha value is -1.95. The molecule has 0 unspecified atom stereocenters. The summed E-state index contributed by atoms with van der Waals surface area (Å²) in [4.78, 5) is 26.4. The van der Waals surface area contributed by atoms with E-state index in [1.54, 1.807) is 6.92 Å². The van der Waals surface area contributed by atoms with E-state index in [1.807, 2.05) is 13.8 Å². The normalized spacial score (nSPS) is 12.3. The third-order valence-corrected chi connectivity index (χ3v) is 2.84. The minimum absolute atomic E-state index is 0.0393. The third-order valence-electron chi connectivity index (χ3n) is 2.84. The van der Waals surface area contributed by atoms with Crippen LogP contribution in [0.3, 0.4) is 0 Å². The van der Waals surface area contributed by atoms with Crippen molar-refractivity contribution in [2.75, 3.05) is 0 Å². The van der Waals surface area contributed by atoms with Crippen molar-refractivity contribution in [3.63, 3.8) is 0 Å². The smallest absolute Gasteiger partial charge is 0.323 e. The van der Waals surface area contributed by atoms with Crippen molar-refractivity contribution in [2.45, 2.75) is 33.4 Å². The number of hydrogen-bond acceptors (Lipinski definition) is 6. The molecule has 104 valence electrons. The highest BCUT2D eigenvalue weighted by atomic mass is 16.5. The molecule has 0 aliphatic heterocycles. The van der Waals surface area contributed by atoms with Gasteiger partial charge >= 0.3 is 5.97 Å². The molecule has 1 aromatic heterocycles. The van der Waals surface area contributed by atoms with Gasteiger partial charge in [0.15, 0.2) is 6.29 Å². The maximum atomic E-state index is 11.6. The third kappa shape index (κ3) is 3.51. The predicted octanol–water partition coefficient (Wildman–Crippen LogP) is 0.935. The molecule has 0 saturated carbocycles. The van der Waals surface area contributed by atoms with Crippen molar-refractivity contribution in [3.05, 3.63) is 23.0 Å². The number of carbonyl (C=O) groups excluding carboxylic acids is 2. The van der Waals surface area contributed by atoms with Crippen LogP contribution in [0.25, 0.3) is 0 Å². The lowest BCUT2D eigenvalue weighted by atomic mass is 10.1. The van der Waals surface area contributed by atoms with E-state index in [-0.39, 0.29) is 23.8 Å². The van der Waals surface area contributed by atoms with Crippen molar-refractivity contribution >= 4 is 12.3 Å². The molecule has 0 aliphatic carbocycles. The highest BCUT2D eigenvalue weighted by Crippen LogP contribution is 2.22. The van der Waals surface area contributed by atoms with Crippen molar-refractivity contribution in [1.82, 2.24) is 4.98 Å². The summed E-state index contributed by atoms with van der Waals surface area (Å²) in [7, 11) is 0. The molecule has 1 aromatic rings. The van der Waals surface area contributed by atoms with Gasteiger partial charge in [-0.25, -0.2) is 0 Å². The van der Waals surface area contributed by atoms with Gasteiger partial charge in [0.25, 0.3) is 0 Å². The lowest BCUT2D eigenvalue weighted by Gasteiger charge is -2.15. The van der Waals surface area contributed by atoms with E-state index in [2.05, 4.69) is 4.98 Å². The number of nitrogens with zero attached hydrogens (tertiary/aromatic N) is 1. The summed E-state index contributed by atoms with van der Waals surface area (Å²) in [6, 6.07) is -0.716. The molecule has 0 radical (unpaired) electrons. The molecule has 0 fully saturated rings. The Balaban J connectivity index is 2.82. The van der Waals surface area contributed by atoms with Gasteiger partial charge in [-0.3, -0.25) is 14.6 Å². The monoisotopic (exact) mass is 266 g/mol. The predicted molar refractivity (Wildman–Crippen MR) is 68.6 cm³/mol. The summed E-state index contributed by atoms with van der Waals surface area (Å²) < 4.78 is 5.01. The van der Waals surface area contributed by atoms with Crippen LogP contribution in [0.5, 0.6) is 5.75 Å². The van der Waals surface area contributed by atoms with Gasteiger partial charge in [0.2, 0.25) is 0 Å². The van der Waals surface area contributed by atoms with E-state index in [9.17, 15) is 14.7 Å². The van der Waals surface area contributed by atoms with E-state index >= 15 is 0 Å². The number of aldehydes is 1. The first-order chi connectivity index (χ1) is 8.88. The number of pyridine rings is 1. The Morgan fingerprint density at radius 3 is 2.74 bits per heavy atom. The number of nitrogens with two attached hydrogens (primary N) is 1. The van der Waals surface area contributed by atoms with Crippen LogP contribution in [-0.4, -0.2) is 28.4 Å². The maximum absolute atomic E-state index is 11.6. The lowest BCUT2D eigenvalue weighted by molar-refractivity contribution is -0.147. The highest BCUT2D eigenvalue weighted by Gasteiger charge is 2.20. The summed E-state index contributed by atoms with van der Waals surface area (Å²) in [6.07, 6.45) is 1.91. The zero-order valence-corrected chi connectivity index (χ0v) is 11.2. The molecular formula is C13H18N2O4. The average Bonchev–Trinajstić information content (AvgIpc) is 2.38. The van der Waals surface area contributed by atoms with Gasteiger partial charge in [-0.15, -0.1) is 0 Å². The topological polar surface area (TPSA) is 103 Å². The van der Waals surface area contributed by atoms with E-state index in [0.717, 1.165) is 0 Å². The molecule has 6 nitrogen and oxygen atoms in total. The molecule has 0 amide bonds. The molecular weight excluding hydrogens is 248 g/mol. The molecule has 0 aromatic carbocycles. The molecule has 0 aliphatic rings. The number of aromatic hydroxyl groups is 1. The fourth-order valence-corrected chi connectivity index (χ4v) is 1.42. The van der Waals surface area contributed by atoms with Crippen molar-refractivity contribution < 1.29 is 19.4 Å². The van der Waals surface area contributed by atoms with Crippen LogP contribution >= 0.6 is 0 Å². The van der Waals surface area contributed by atoms with Crippen LogP contribution in [0.2, 0.25) is 0 Å². The van der Waals surface area contributed by atoms with Crippen molar-refractivity contribution in [1.29, 1.82) is 0 Å². The zero-order chi connectivity index (χ0) is 14.6. The fourth-order valence-electron chi connectivity index (χ4n) is 1.42. The largest absolute Gasteiger partial charge is 0.505 e. The molecule has 19 heavy (non-hydrogen) atoms. The fraction of sp³-hybridized carbons (Fsp3) is 0.462. The molecule has 0 saturated heterocycles. The molecule has 1 atom stereocenters. The van der Waals surface area contributed by atoms with Crippen LogP contribution in [0.1, 0.15) is 35.5 Å². The van der Waals surface area contributed by atoms with Gasteiger partial charge < -0.3 is 15.6 Å². The van der Waals surface area contributed by atoms with Gasteiger partial charge in [0, 0.05) is 11.8 Å². The Labute approximate surface area is 111 Å². The SMILES string of the molecule is Cc1ncc(COC(=O)[C@@H](N)C(C)C)c(C=O)c1O. The standard InChI is InChI=1S/C13H18N2O4/c1-7(2)11(14)13(18)19-6-9-4-15-8(3)12(17)10(9)5-16/h4-5,7,11,17H,6,14H2,1-3H3/t11-/m0/s1. The van der Waals surface area contributed by atoms with Gasteiger partial charge in [-0.05, 0) is 12.8 Å². The molecule has 1 heterocycles. The van der Waals surface area contributed by atoms with Crippen LogP contribution in [0.4, 0.5) is 0 Å². The van der Waals surface area contributed by atoms with Crippen LogP contribution in [-0.2, 0) is 16.1 Å². The van der Waals surface area contributed by atoms with E-state index in [1.165, 1.54) is 6.20 Å². The molecule has 0 bridgehead atoms. The molecule has 0 spiro atoms. The maximum Gasteiger partial charge on any atom is 0.323 e. The summed E-state index contributed by atoms with van der Waals surface area (Å²) in [6.45, 7) is 5.05. The van der Waals surface area contributed by atoms with Crippen LogP contribution in [0, 0.1) is 12.8 Å². The zero-order valence-electron chi connectivity index (χ0n) is 11.2. The number of carbonyl (C=O) groups is 2. The summed E-state index contributed by atoms with van der Waals surface area (Å²) in [5.74, 6) is -0.786. The Bertz CT molecular complexity index is 486. The van der Waals surface area contributed by atoms with E-state index in [4.69, 9.17) is 10.5 Å². The van der Waals surface area contributed by atoms with Gasteiger partial charge in [-0.1, -0.05) is 13.8 Å². The van der Waals surface area contributed by atoms with Crippen molar-refractivity contribution in [3.8, 4) is 5.75 Å². The second kappa shape index (κ2) is 6.29. The van der Waals surface area contributed by atoms with Crippen LogP contribution in [0.15, 0.2) is 6.20 Å². The first-order valence-corrected chi connectivity index (χ1v) is 5.93. The lowest BCUT2D eigenvalue weighted by Crippen LogP contribution is -2.36. The highest BCUT2D eigenvalue weighted by molar-refractivity contribution is 5.82. The average molecular weight is 266 g/mol. The van der Waals surface area contributed by atoms with E-state index < -0.39 is 12.0 Å². The summed E-state index contributed by atoms with van der Waals surface area (Å²) in [5, 5.41) is 9.68. The Morgan fingerprint density at radius 1 is 1.58 bits per heavy atom. The first kappa shape index (κ1) is 15.1. The number of rotatable bonds is 5. The Kier molecular flexibility index (Phi) is 5.00. The summed E-state index contributed by atoms with van der Waals surface area (Å²) >= 11 is 0. The number of aryl methyl sites for hydroxylation is 1. The van der Waals surface area contributed by atoms with Crippen molar-refractivity contribution in [2.24, 2.45) is 11.7 Å². The van der Waals surface area contributed by atoms with Gasteiger partial charge in [0.1, 0.15) is 18.4 Å². The second-order valence-electron chi connectivity index (χ2n) is 4.63. The van der Waals surface area contributed by atoms with Gasteiger partial charge in [-0.2, -0.15) is 0 Å². The summed E-state index contributed by atoms with van der Waals surface area (Å²) in [5.41, 5.74) is 6.41. The minimum atomic E-state index is -0.716.